The second kappa shape index (κ2) is 6.94. The number of hydrogen-bond donors (Lipinski definition) is 2. The first-order valence-electron chi connectivity index (χ1n) is 7.88. The fourth-order valence-electron chi connectivity index (χ4n) is 3.03. The summed E-state index contributed by atoms with van der Waals surface area (Å²) >= 11 is 0. The van der Waals surface area contributed by atoms with Gasteiger partial charge in [0.05, 0.1) is 6.04 Å². The van der Waals surface area contributed by atoms with Gasteiger partial charge in [-0.3, -0.25) is 9.69 Å². The molecule has 0 spiro atoms. The van der Waals surface area contributed by atoms with Crippen molar-refractivity contribution in [2.75, 3.05) is 24.1 Å². The van der Waals surface area contributed by atoms with Gasteiger partial charge in [0.1, 0.15) is 0 Å². The summed E-state index contributed by atoms with van der Waals surface area (Å²) < 4.78 is 0. The molecule has 1 saturated heterocycles. The molecule has 2 rings (SSSR count). The largest absolute Gasteiger partial charge is 0.399 e. The molecule has 116 valence electrons. The Balaban J connectivity index is 2.05. The van der Waals surface area contributed by atoms with Gasteiger partial charge in [0, 0.05) is 11.4 Å². The normalized spacial score (nSPS) is 18.7. The molecule has 1 fully saturated rings. The Morgan fingerprint density at radius 2 is 2.00 bits per heavy atom. The maximum absolute atomic E-state index is 12.7. The van der Waals surface area contributed by atoms with E-state index in [1.807, 2.05) is 18.2 Å². The molecule has 1 unspecified atom stereocenters. The maximum Gasteiger partial charge on any atom is 0.241 e. The molecule has 1 aromatic rings. The quantitative estimate of drug-likeness (QED) is 0.838. The van der Waals surface area contributed by atoms with E-state index < -0.39 is 0 Å². The third-order valence-corrected chi connectivity index (χ3v) is 4.27. The molecule has 3 N–H and O–H groups in total. The average Bonchev–Trinajstić information content (AvgIpc) is 2.41. The van der Waals surface area contributed by atoms with Crippen LogP contribution in [0.15, 0.2) is 24.3 Å². The summed E-state index contributed by atoms with van der Waals surface area (Å²) in [7, 11) is 0. The second-order valence-corrected chi connectivity index (χ2v) is 6.52. The van der Waals surface area contributed by atoms with Gasteiger partial charge in [-0.05, 0) is 56.0 Å². The van der Waals surface area contributed by atoms with E-state index in [1.165, 1.54) is 12.8 Å². The Bertz CT molecular complexity index is 479. The topological polar surface area (TPSA) is 58.4 Å². The second-order valence-electron chi connectivity index (χ2n) is 6.52. The van der Waals surface area contributed by atoms with Crippen LogP contribution in [0.2, 0.25) is 0 Å². The van der Waals surface area contributed by atoms with E-state index in [1.54, 1.807) is 6.07 Å². The first-order chi connectivity index (χ1) is 9.97. The van der Waals surface area contributed by atoms with Crippen LogP contribution in [0, 0.1) is 11.8 Å². The van der Waals surface area contributed by atoms with Crippen molar-refractivity contribution in [2.45, 2.75) is 39.7 Å². The summed E-state index contributed by atoms with van der Waals surface area (Å²) in [5, 5.41) is 3.01. The van der Waals surface area contributed by atoms with Gasteiger partial charge in [0.15, 0.2) is 0 Å². The number of nitrogen functional groups attached to an aromatic ring is 1. The fourth-order valence-corrected chi connectivity index (χ4v) is 3.03. The van der Waals surface area contributed by atoms with Crippen molar-refractivity contribution in [2.24, 2.45) is 11.8 Å². The SMILES string of the molecule is CC1CCN(C(C(=O)Nc2cccc(N)c2)C(C)C)CC1. The highest BCUT2D eigenvalue weighted by atomic mass is 16.2. The minimum atomic E-state index is -0.0704. The van der Waals surface area contributed by atoms with Crippen LogP contribution < -0.4 is 11.1 Å². The number of piperidine rings is 1. The Morgan fingerprint density at radius 1 is 1.33 bits per heavy atom. The Morgan fingerprint density at radius 3 is 2.57 bits per heavy atom. The van der Waals surface area contributed by atoms with Crippen LogP contribution in [0.5, 0.6) is 0 Å². The van der Waals surface area contributed by atoms with Crippen LogP contribution in [-0.4, -0.2) is 29.9 Å². The molecule has 1 heterocycles. The zero-order chi connectivity index (χ0) is 15.4. The number of nitrogens with one attached hydrogen (secondary N) is 1. The van der Waals surface area contributed by atoms with Crippen LogP contribution in [0.1, 0.15) is 33.6 Å². The van der Waals surface area contributed by atoms with Crippen molar-refractivity contribution in [1.82, 2.24) is 4.90 Å². The molecule has 4 nitrogen and oxygen atoms in total. The summed E-state index contributed by atoms with van der Waals surface area (Å²) in [6.45, 7) is 8.53. The predicted molar refractivity (Wildman–Crippen MR) is 88.1 cm³/mol. The molecular weight excluding hydrogens is 262 g/mol. The lowest BCUT2D eigenvalue weighted by atomic mass is 9.94. The number of nitrogens with two attached hydrogens (primary N) is 1. The third-order valence-electron chi connectivity index (χ3n) is 4.27. The lowest BCUT2D eigenvalue weighted by Gasteiger charge is -2.37. The van der Waals surface area contributed by atoms with Gasteiger partial charge in [0.25, 0.3) is 0 Å². The minimum absolute atomic E-state index is 0.0704. The number of benzene rings is 1. The van der Waals surface area contributed by atoms with Crippen LogP contribution in [0.3, 0.4) is 0 Å². The highest BCUT2D eigenvalue weighted by molar-refractivity contribution is 5.95. The van der Waals surface area contributed by atoms with Crippen molar-refractivity contribution in [3.05, 3.63) is 24.3 Å². The number of nitrogens with zero attached hydrogens (tertiary/aromatic N) is 1. The molecule has 0 bridgehead atoms. The minimum Gasteiger partial charge on any atom is -0.399 e. The molecule has 4 heteroatoms. The van der Waals surface area contributed by atoms with Crippen molar-refractivity contribution in [3.63, 3.8) is 0 Å². The Hall–Kier alpha value is -1.55. The lowest BCUT2D eigenvalue weighted by Crippen LogP contribution is -2.50. The molecule has 0 radical (unpaired) electrons. The highest BCUT2D eigenvalue weighted by Crippen LogP contribution is 2.22. The standard InChI is InChI=1S/C17H27N3O/c1-12(2)16(20-9-7-13(3)8-10-20)17(21)19-15-6-4-5-14(18)11-15/h4-6,11-13,16H,7-10,18H2,1-3H3,(H,19,21). The number of carbonyl (C=O) groups is 1. The summed E-state index contributed by atoms with van der Waals surface area (Å²) in [5.41, 5.74) is 7.21. The molecule has 1 atom stereocenters. The van der Waals surface area contributed by atoms with Crippen LogP contribution in [0.25, 0.3) is 0 Å². The first kappa shape index (κ1) is 15.8. The van der Waals surface area contributed by atoms with E-state index >= 15 is 0 Å². The number of anilines is 2. The molecular formula is C17H27N3O. The summed E-state index contributed by atoms with van der Waals surface area (Å²) in [4.78, 5) is 15.0. The smallest absolute Gasteiger partial charge is 0.241 e. The van der Waals surface area contributed by atoms with Crippen molar-refractivity contribution >= 4 is 17.3 Å². The van der Waals surface area contributed by atoms with Gasteiger partial charge < -0.3 is 11.1 Å². The molecule has 0 aromatic heterocycles. The summed E-state index contributed by atoms with van der Waals surface area (Å²) in [6, 6.07) is 7.29. The van der Waals surface area contributed by atoms with E-state index in [0.717, 1.165) is 24.7 Å². The van der Waals surface area contributed by atoms with E-state index in [2.05, 4.69) is 31.0 Å². The number of rotatable bonds is 4. The number of likely N-dealkylation sites (tertiary alicyclic amines) is 1. The van der Waals surface area contributed by atoms with E-state index in [0.29, 0.717) is 11.6 Å². The highest BCUT2D eigenvalue weighted by Gasteiger charge is 2.31. The van der Waals surface area contributed by atoms with Gasteiger partial charge >= 0.3 is 0 Å². The molecule has 1 aliphatic rings. The molecule has 0 saturated carbocycles. The molecule has 1 amide bonds. The monoisotopic (exact) mass is 289 g/mol. The maximum atomic E-state index is 12.7. The predicted octanol–water partition coefficient (Wildman–Crippen LogP) is 2.96. The number of carbonyl (C=O) groups excluding carboxylic acids is 1. The van der Waals surface area contributed by atoms with Crippen molar-refractivity contribution in [1.29, 1.82) is 0 Å². The molecule has 21 heavy (non-hydrogen) atoms. The van der Waals surface area contributed by atoms with Crippen molar-refractivity contribution in [3.8, 4) is 0 Å². The lowest BCUT2D eigenvalue weighted by molar-refractivity contribution is -0.123. The Kier molecular flexibility index (Phi) is 5.23. The van der Waals surface area contributed by atoms with Crippen LogP contribution in [-0.2, 0) is 4.79 Å². The Labute approximate surface area is 127 Å². The summed E-state index contributed by atoms with van der Waals surface area (Å²) in [6.07, 6.45) is 2.35. The fraction of sp³-hybridized carbons (Fsp3) is 0.588. The van der Waals surface area contributed by atoms with Gasteiger partial charge in [-0.2, -0.15) is 0 Å². The van der Waals surface area contributed by atoms with Gasteiger partial charge in [-0.25, -0.2) is 0 Å². The van der Waals surface area contributed by atoms with Gasteiger partial charge in [-0.1, -0.05) is 26.8 Å². The molecule has 1 aromatic carbocycles. The number of hydrogen-bond acceptors (Lipinski definition) is 3. The summed E-state index contributed by atoms with van der Waals surface area (Å²) in [5.74, 6) is 1.13. The number of amides is 1. The zero-order valence-corrected chi connectivity index (χ0v) is 13.3. The van der Waals surface area contributed by atoms with Crippen molar-refractivity contribution < 1.29 is 4.79 Å². The molecule has 0 aliphatic carbocycles. The van der Waals surface area contributed by atoms with E-state index in [9.17, 15) is 4.79 Å². The van der Waals surface area contributed by atoms with E-state index in [-0.39, 0.29) is 11.9 Å². The third kappa shape index (κ3) is 4.21. The van der Waals surface area contributed by atoms with Crippen LogP contribution in [0.4, 0.5) is 11.4 Å². The first-order valence-corrected chi connectivity index (χ1v) is 7.88. The van der Waals surface area contributed by atoms with E-state index in [4.69, 9.17) is 5.73 Å². The average molecular weight is 289 g/mol. The molecule has 1 aliphatic heterocycles. The van der Waals surface area contributed by atoms with Gasteiger partial charge in [0.2, 0.25) is 5.91 Å². The zero-order valence-electron chi connectivity index (χ0n) is 13.3. The van der Waals surface area contributed by atoms with Gasteiger partial charge in [-0.15, -0.1) is 0 Å². The van der Waals surface area contributed by atoms with Crippen LogP contribution >= 0.6 is 0 Å².